The van der Waals surface area contributed by atoms with E-state index in [4.69, 9.17) is 4.42 Å². The van der Waals surface area contributed by atoms with Gasteiger partial charge in [0.15, 0.2) is 0 Å². The van der Waals surface area contributed by atoms with Crippen LogP contribution in [0.5, 0.6) is 0 Å². The van der Waals surface area contributed by atoms with Gasteiger partial charge in [0.25, 0.3) is 0 Å². The number of nitrogens with zero attached hydrogens (tertiary/aromatic N) is 3. The van der Waals surface area contributed by atoms with E-state index in [2.05, 4.69) is 15.1 Å². The lowest BCUT2D eigenvalue weighted by Crippen LogP contribution is -2.62. The maximum Gasteiger partial charge on any atom is 0.247 e. The summed E-state index contributed by atoms with van der Waals surface area (Å²) in [4.78, 5) is 2.16. The summed E-state index contributed by atoms with van der Waals surface area (Å²) < 4.78 is 5.71. The Balaban J connectivity index is 1.40. The Morgan fingerprint density at radius 2 is 1.95 bits per heavy atom. The van der Waals surface area contributed by atoms with Gasteiger partial charge in [-0.05, 0) is 37.8 Å². The van der Waals surface area contributed by atoms with Gasteiger partial charge in [0.05, 0.1) is 12.1 Å². The Labute approximate surface area is 123 Å². The van der Waals surface area contributed by atoms with E-state index in [1.807, 2.05) is 31.2 Å². The van der Waals surface area contributed by atoms with E-state index < -0.39 is 5.60 Å². The molecule has 5 heteroatoms. The molecule has 0 bridgehead atoms. The second-order valence-corrected chi connectivity index (χ2v) is 6.39. The first kappa shape index (κ1) is 13.0. The lowest BCUT2D eigenvalue weighted by atomic mass is 9.89. The van der Waals surface area contributed by atoms with Gasteiger partial charge in [0, 0.05) is 18.7 Å². The van der Waals surface area contributed by atoms with Crippen LogP contribution >= 0.6 is 0 Å². The van der Waals surface area contributed by atoms with E-state index in [-0.39, 0.29) is 0 Å². The number of hydrogen-bond donors (Lipinski definition) is 1. The molecule has 2 heterocycles. The van der Waals surface area contributed by atoms with E-state index in [1.165, 1.54) is 18.4 Å². The molecule has 1 aromatic heterocycles. The van der Waals surface area contributed by atoms with Crippen molar-refractivity contribution in [2.75, 3.05) is 13.1 Å². The molecule has 110 valence electrons. The maximum absolute atomic E-state index is 10.3. The van der Waals surface area contributed by atoms with Crippen molar-refractivity contribution in [2.45, 2.75) is 31.9 Å². The largest absolute Gasteiger partial charge is 0.419 e. The molecule has 0 unspecified atom stereocenters. The molecular weight excluding hydrogens is 266 g/mol. The first-order valence-corrected chi connectivity index (χ1v) is 7.46. The van der Waals surface area contributed by atoms with Crippen molar-refractivity contribution in [3.63, 3.8) is 0 Å². The zero-order valence-electron chi connectivity index (χ0n) is 12.1. The van der Waals surface area contributed by atoms with Crippen LogP contribution in [0.1, 0.15) is 24.3 Å². The molecule has 0 amide bonds. The third-order valence-corrected chi connectivity index (χ3v) is 4.46. The number of aromatic nitrogens is 2. The standard InChI is InChI=1S/C16H19N3O2/c1-11-2-4-12(5-3-11)15-18-17-14(21-15)8-19-9-16(20,10-19)13-6-7-13/h2-5,13,20H,6-10H2,1H3. The van der Waals surface area contributed by atoms with Gasteiger partial charge in [-0.25, -0.2) is 0 Å². The molecular formula is C16H19N3O2. The first-order chi connectivity index (χ1) is 10.1. The molecule has 0 radical (unpaired) electrons. The normalized spacial score (nSPS) is 21.2. The molecule has 2 aliphatic rings. The molecule has 1 saturated carbocycles. The van der Waals surface area contributed by atoms with Crippen molar-refractivity contribution in [3.05, 3.63) is 35.7 Å². The molecule has 1 aromatic carbocycles. The van der Waals surface area contributed by atoms with Gasteiger partial charge in [0.1, 0.15) is 0 Å². The van der Waals surface area contributed by atoms with Crippen LogP contribution in [0.15, 0.2) is 28.7 Å². The average Bonchev–Trinajstić information content (AvgIpc) is 3.19. The SMILES string of the molecule is Cc1ccc(-c2nnc(CN3CC(O)(C4CC4)C3)o2)cc1. The number of benzene rings is 1. The molecule has 0 spiro atoms. The lowest BCUT2D eigenvalue weighted by molar-refractivity contribution is -0.118. The quantitative estimate of drug-likeness (QED) is 0.931. The molecule has 5 nitrogen and oxygen atoms in total. The smallest absolute Gasteiger partial charge is 0.247 e. The third kappa shape index (κ3) is 2.47. The highest BCUT2D eigenvalue weighted by molar-refractivity contribution is 5.52. The number of likely N-dealkylation sites (tertiary alicyclic amines) is 1. The molecule has 1 aliphatic carbocycles. The fourth-order valence-electron chi connectivity index (χ4n) is 3.04. The lowest BCUT2D eigenvalue weighted by Gasteiger charge is -2.46. The predicted molar refractivity (Wildman–Crippen MR) is 77.4 cm³/mol. The summed E-state index contributed by atoms with van der Waals surface area (Å²) in [6, 6.07) is 8.04. The predicted octanol–water partition coefficient (Wildman–Crippen LogP) is 2.00. The molecule has 0 atom stereocenters. The number of hydrogen-bond acceptors (Lipinski definition) is 5. The third-order valence-electron chi connectivity index (χ3n) is 4.46. The minimum Gasteiger partial charge on any atom is -0.419 e. The molecule has 2 fully saturated rings. The minimum atomic E-state index is -0.459. The van der Waals surface area contributed by atoms with Crippen LogP contribution in [-0.4, -0.2) is 38.9 Å². The Bertz CT molecular complexity index is 640. The van der Waals surface area contributed by atoms with Gasteiger partial charge in [-0.3, -0.25) is 4.90 Å². The van der Waals surface area contributed by atoms with E-state index in [0.717, 1.165) is 18.7 Å². The maximum atomic E-state index is 10.3. The Morgan fingerprint density at radius 3 is 2.62 bits per heavy atom. The second kappa shape index (κ2) is 4.64. The van der Waals surface area contributed by atoms with E-state index in [9.17, 15) is 5.11 Å². The van der Waals surface area contributed by atoms with Crippen molar-refractivity contribution in [2.24, 2.45) is 5.92 Å². The van der Waals surface area contributed by atoms with Gasteiger partial charge >= 0.3 is 0 Å². The van der Waals surface area contributed by atoms with E-state index in [1.54, 1.807) is 0 Å². The first-order valence-electron chi connectivity index (χ1n) is 7.46. The number of β-amino-alcohol motifs (C(OH)–C–C–N with tert-alkyl or cyclic N) is 1. The summed E-state index contributed by atoms with van der Waals surface area (Å²) in [6.45, 7) is 4.11. The van der Waals surface area contributed by atoms with Gasteiger partial charge < -0.3 is 9.52 Å². The fraction of sp³-hybridized carbons (Fsp3) is 0.500. The number of aryl methyl sites for hydroxylation is 1. The van der Waals surface area contributed by atoms with Crippen LogP contribution in [0.25, 0.3) is 11.5 Å². The Morgan fingerprint density at radius 1 is 1.24 bits per heavy atom. The van der Waals surface area contributed by atoms with Crippen molar-refractivity contribution in [1.82, 2.24) is 15.1 Å². The van der Waals surface area contributed by atoms with Gasteiger partial charge in [-0.2, -0.15) is 0 Å². The van der Waals surface area contributed by atoms with Crippen LogP contribution in [0.3, 0.4) is 0 Å². The molecule has 21 heavy (non-hydrogen) atoms. The van der Waals surface area contributed by atoms with Crippen LogP contribution in [0, 0.1) is 12.8 Å². The van der Waals surface area contributed by atoms with E-state index >= 15 is 0 Å². The van der Waals surface area contributed by atoms with Crippen molar-refractivity contribution in [1.29, 1.82) is 0 Å². The molecule has 2 aromatic rings. The van der Waals surface area contributed by atoms with Crippen LogP contribution in [0.4, 0.5) is 0 Å². The zero-order valence-corrected chi connectivity index (χ0v) is 12.1. The van der Waals surface area contributed by atoms with Gasteiger partial charge in [0.2, 0.25) is 11.8 Å². The van der Waals surface area contributed by atoms with Crippen molar-refractivity contribution in [3.8, 4) is 11.5 Å². The summed E-state index contributed by atoms with van der Waals surface area (Å²) in [5.41, 5.74) is 1.69. The monoisotopic (exact) mass is 285 g/mol. The molecule has 4 rings (SSSR count). The van der Waals surface area contributed by atoms with Crippen LogP contribution in [-0.2, 0) is 6.54 Å². The summed E-state index contributed by atoms with van der Waals surface area (Å²) in [5.74, 6) is 1.69. The van der Waals surface area contributed by atoms with Gasteiger partial charge in [-0.1, -0.05) is 17.7 Å². The Hall–Kier alpha value is -1.72. The number of aliphatic hydroxyl groups is 1. The topological polar surface area (TPSA) is 62.4 Å². The highest BCUT2D eigenvalue weighted by Gasteiger charge is 2.51. The highest BCUT2D eigenvalue weighted by atomic mass is 16.4. The Kier molecular flexibility index (Phi) is 2.87. The summed E-state index contributed by atoms with van der Waals surface area (Å²) >= 11 is 0. The highest BCUT2D eigenvalue weighted by Crippen LogP contribution is 2.44. The molecule has 1 aliphatic heterocycles. The summed E-state index contributed by atoms with van der Waals surface area (Å²) in [5, 5.41) is 18.5. The summed E-state index contributed by atoms with van der Waals surface area (Å²) in [7, 11) is 0. The zero-order chi connectivity index (χ0) is 14.4. The molecule has 1 N–H and O–H groups in total. The average molecular weight is 285 g/mol. The van der Waals surface area contributed by atoms with Crippen molar-refractivity contribution < 1.29 is 9.52 Å². The van der Waals surface area contributed by atoms with Crippen molar-refractivity contribution >= 4 is 0 Å². The minimum absolute atomic E-state index is 0.459. The summed E-state index contributed by atoms with van der Waals surface area (Å²) in [6.07, 6.45) is 2.34. The number of rotatable bonds is 4. The van der Waals surface area contributed by atoms with Gasteiger partial charge in [-0.15, -0.1) is 10.2 Å². The fourth-order valence-corrected chi connectivity index (χ4v) is 3.04. The second-order valence-electron chi connectivity index (χ2n) is 6.39. The molecule has 1 saturated heterocycles. The van der Waals surface area contributed by atoms with Crippen LogP contribution in [0.2, 0.25) is 0 Å². The van der Waals surface area contributed by atoms with Crippen LogP contribution < -0.4 is 0 Å². The van der Waals surface area contributed by atoms with E-state index in [0.29, 0.717) is 24.2 Å².